The molecule has 184 valence electrons. The predicted molar refractivity (Wildman–Crippen MR) is 124 cm³/mol. The Balaban J connectivity index is 1.28. The first-order valence-electron chi connectivity index (χ1n) is 12.6. The van der Waals surface area contributed by atoms with Crippen LogP contribution in [0.25, 0.3) is 11.3 Å². The van der Waals surface area contributed by atoms with Crippen molar-refractivity contribution in [2.45, 2.75) is 69.8 Å². The largest absolute Gasteiger partial charge is 0.419 e. The highest BCUT2D eigenvalue weighted by molar-refractivity contribution is 5.63. The van der Waals surface area contributed by atoms with Crippen molar-refractivity contribution in [1.29, 1.82) is 0 Å². The van der Waals surface area contributed by atoms with Gasteiger partial charge < -0.3 is 5.73 Å². The molecule has 5 aliphatic rings. The number of hydrogen-bond acceptors (Lipinski definition) is 5. The van der Waals surface area contributed by atoms with Crippen LogP contribution in [-0.4, -0.2) is 62.8 Å². The van der Waals surface area contributed by atoms with Crippen molar-refractivity contribution in [3.63, 3.8) is 0 Å². The van der Waals surface area contributed by atoms with Gasteiger partial charge in [0.05, 0.1) is 11.3 Å². The fraction of sp³-hybridized carbons (Fsp3) is 0.680. The summed E-state index contributed by atoms with van der Waals surface area (Å²) < 4.78 is 42.3. The lowest BCUT2D eigenvalue weighted by Gasteiger charge is -2.44. The van der Waals surface area contributed by atoms with Crippen molar-refractivity contribution in [2.75, 3.05) is 31.9 Å². The Hall–Kier alpha value is -2.13. The molecule has 5 fully saturated rings. The van der Waals surface area contributed by atoms with Crippen molar-refractivity contribution >= 4 is 5.82 Å². The van der Waals surface area contributed by atoms with E-state index < -0.39 is 17.6 Å². The number of hydrogen-bond donors (Lipinski definition) is 1. The van der Waals surface area contributed by atoms with Gasteiger partial charge in [-0.2, -0.15) is 18.3 Å². The van der Waals surface area contributed by atoms with Crippen LogP contribution in [0.5, 0.6) is 0 Å². The Morgan fingerprint density at radius 2 is 1.88 bits per heavy atom. The van der Waals surface area contributed by atoms with Crippen LogP contribution in [0.4, 0.5) is 19.0 Å². The molecule has 2 aromatic rings. The van der Waals surface area contributed by atoms with Crippen molar-refractivity contribution in [3.8, 4) is 11.3 Å². The van der Waals surface area contributed by atoms with E-state index in [4.69, 9.17) is 10.8 Å². The molecular formula is C25H33F3N6. The number of nitrogens with two attached hydrogens (primary N) is 1. The van der Waals surface area contributed by atoms with E-state index in [0.717, 1.165) is 18.7 Å². The Morgan fingerprint density at radius 3 is 2.65 bits per heavy atom. The number of nitrogen functional groups attached to an aromatic ring is 1. The smallest absolute Gasteiger partial charge is 0.383 e. The van der Waals surface area contributed by atoms with Crippen LogP contribution in [0.1, 0.15) is 62.7 Å². The Kier molecular flexibility index (Phi) is 5.22. The molecule has 2 bridgehead atoms. The topological polar surface area (TPSA) is 63.2 Å². The molecule has 0 spiro atoms. The molecule has 2 aliphatic heterocycles. The zero-order valence-electron chi connectivity index (χ0n) is 19.8. The molecule has 2 saturated heterocycles. The van der Waals surface area contributed by atoms with Crippen LogP contribution in [0.3, 0.4) is 0 Å². The number of aromatic nitrogens is 3. The monoisotopic (exact) mass is 474 g/mol. The van der Waals surface area contributed by atoms with E-state index in [-0.39, 0.29) is 6.04 Å². The minimum atomic E-state index is -4.54. The normalized spacial score (nSPS) is 31.8. The molecule has 3 saturated carbocycles. The highest BCUT2D eigenvalue weighted by Gasteiger charge is 2.56. The van der Waals surface area contributed by atoms with Crippen molar-refractivity contribution in [3.05, 3.63) is 29.6 Å². The second-order valence-corrected chi connectivity index (χ2v) is 11.0. The first-order valence-corrected chi connectivity index (χ1v) is 12.6. The van der Waals surface area contributed by atoms with E-state index in [2.05, 4.69) is 28.6 Å². The summed E-state index contributed by atoms with van der Waals surface area (Å²) in [5, 5.41) is 4.76. The molecule has 7 rings (SSSR count). The second kappa shape index (κ2) is 7.95. The van der Waals surface area contributed by atoms with E-state index in [0.29, 0.717) is 35.1 Å². The number of halogens is 3. The molecule has 5 atom stereocenters. The molecule has 2 aromatic heterocycles. The van der Waals surface area contributed by atoms with Gasteiger partial charge in [0.25, 0.3) is 0 Å². The maximum absolute atomic E-state index is 13.4. The SMILES string of the molecule is CC(C)n1nc(-c2cnc(N)c(C(F)(F)F)c2)cc1C1C2CC1C(N1CCN3CCCC3C1)C2. The summed E-state index contributed by atoms with van der Waals surface area (Å²) in [6, 6.07) is 4.56. The van der Waals surface area contributed by atoms with Crippen molar-refractivity contribution in [1.82, 2.24) is 24.6 Å². The quantitative estimate of drug-likeness (QED) is 0.712. The molecule has 34 heavy (non-hydrogen) atoms. The van der Waals surface area contributed by atoms with Gasteiger partial charge in [-0.25, -0.2) is 4.98 Å². The van der Waals surface area contributed by atoms with Gasteiger partial charge in [0.15, 0.2) is 0 Å². The summed E-state index contributed by atoms with van der Waals surface area (Å²) >= 11 is 0. The van der Waals surface area contributed by atoms with E-state index in [9.17, 15) is 13.2 Å². The third-order valence-corrected chi connectivity index (χ3v) is 8.79. The summed E-state index contributed by atoms with van der Waals surface area (Å²) in [6.07, 6.45) is 1.98. The zero-order chi connectivity index (χ0) is 23.8. The third-order valence-electron chi connectivity index (χ3n) is 8.79. The zero-order valence-corrected chi connectivity index (χ0v) is 19.8. The highest BCUT2D eigenvalue weighted by atomic mass is 19.4. The molecule has 9 heteroatoms. The Morgan fingerprint density at radius 1 is 1.09 bits per heavy atom. The maximum atomic E-state index is 13.4. The van der Waals surface area contributed by atoms with Gasteiger partial charge in [-0.3, -0.25) is 14.5 Å². The van der Waals surface area contributed by atoms with Gasteiger partial charge in [0.2, 0.25) is 0 Å². The summed E-state index contributed by atoms with van der Waals surface area (Å²) in [5.41, 5.74) is 6.69. The van der Waals surface area contributed by atoms with E-state index in [1.807, 2.05) is 10.7 Å². The van der Waals surface area contributed by atoms with Crippen LogP contribution >= 0.6 is 0 Å². The molecule has 5 unspecified atom stereocenters. The fourth-order valence-corrected chi connectivity index (χ4v) is 7.17. The Labute approximate surface area is 198 Å². The van der Waals surface area contributed by atoms with Gasteiger partial charge in [0.1, 0.15) is 5.82 Å². The molecule has 0 aromatic carbocycles. The van der Waals surface area contributed by atoms with Crippen LogP contribution in [0.15, 0.2) is 18.3 Å². The third kappa shape index (κ3) is 3.54. The molecule has 3 aliphatic carbocycles. The fourth-order valence-electron chi connectivity index (χ4n) is 7.17. The molecule has 0 amide bonds. The number of anilines is 1. The van der Waals surface area contributed by atoms with E-state index >= 15 is 0 Å². The molecule has 4 heterocycles. The minimum Gasteiger partial charge on any atom is -0.383 e. The van der Waals surface area contributed by atoms with Crippen LogP contribution in [-0.2, 0) is 6.18 Å². The summed E-state index contributed by atoms with van der Waals surface area (Å²) in [7, 11) is 0. The number of rotatable bonds is 4. The van der Waals surface area contributed by atoms with E-state index in [1.165, 1.54) is 57.2 Å². The van der Waals surface area contributed by atoms with Gasteiger partial charge in [-0.1, -0.05) is 0 Å². The average Bonchev–Trinajstić information content (AvgIpc) is 3.54. The maximum Gasteiger partial charge on any atom is 0.419 e. The van der Waals surface area contributed by atoms with Crippen molar-refractivity contribution < 1.29 is 13.2 Å². The van der Waals surface area contributed by atoms with Crippen LogP contribution in [0.2, 0.25) is 0 Å². The molecule has 0 radical (unpaired) electrons. The number of piperazine rings is 1. The number of fused-ring (bicyclic) bond motifs is 2. The molecule has 2 N–H and O–H groups in total. The van der Waals surface area contributed by atoms with E-state index in [1.54, 1.807) is 0 Å². The minimum absolute atomic E-state index is 0.132. The van der Waals surface area contributed by atoms with Gasteiger partial charge in [-0.15, -0.1) is 0 Å². The summed E-state index contributed by atoms with van der Waals surface area (Å²) in [5.74, 6) is 1.17. The lowest BCUT2D eigenvalue weighted by atomic mass is 9.69. The van der Waals surface area contributed by atoms with Crippen molar-refractivity contribution in [2.24, 2.45) is 11.8 Å². The van der Waals surface area contributed by atoms with Gasteiger partial charge >= 0.3 is 6.18 Å². The summed E-state index contributed by atoms with van der Waals surface area (Å²) in [4.78, 5) is 9.22. The standard InChI is InChI=1S/C25H33F3N6/c1-14(2)34-22(11-20(31-34)16-9-19(25(26,27)28)24(29)30-12-16)23-15-8-18(23)21(10-15)33-7-6-32-5-3-4-17(32)13-33/h9,11-12,14-15,17-18,21,23H,3-8,10,13H2,1-2H3,(H2,29,30). The van der Waals surface area contributed by atoms with Crippen LogP contribution in [0, 0.1) is 11.8 Å². The molecular weight excluding hydrogens is 441 g/mol. The highest BCUT2D eigenvalue weighted by Crippen LogP contribution is 2.60. The first kappa shape index (κ1) is 22.3. The number of pyridine rings is 1. The van der Waals surface area contributed by atoms with Gasteiger partial charge in [0, 0.05) is 61.1 Å². The number of alkyl halides is 3. The Bertz CT molecular complexity index is 1080. The lowest BCUT2D eigenvalue weighted by Crippen LogP contribution is -2.54. The van der Waals surface area contributed by atoms with Gasteiger partial charge in [-0.05, 0) is 70.0 Å². The second-order valence-electron chi connectivity index (χ2n) is 11.0. The number of nitrogens with zero attached hydrogens (tertiary/aromatic N) is 5. The predicted octanol–water partition coefficient (Wildman–Crippen LogP) is 4.40. The lowest BCUT2D eigenvalue weighted by molar-refractivity contribution is -0.137. The molecule has 6 nitrogen and oxygen atoms in total. The first-order chi connectivity index (χ1) is 16.2. The summed E-state index contributed by atoms with van der Waals surface area (Å²) in [6.45, 7) is 8.95. The average molecular weight is 475 g/mol. The van der Waals surface area contributed by atoms with Crippen LogP contribution < -0.4 is 5.73 Å².